The van der Waals surface area contributed by atoms with Gasteiger partial charge in [0.05, 0.1) is 12.1 Å². The summed E-state index contributed by atoms with van der Waals surface area (Å²) in [5.41, 5.74) is -1.02. The Morgan fingerprint density at radius 2 is 1.66 bits per heavy atom. The third kappa shape index (κ3) is 9.85. The largest absolute Gasteiger partial charge is 0.444 e. The highest BCUT2D eigenvalue weighted by atomic mass is 16.6. The van der Waals surface area contributed by atoms with Crippen LogP contribution in [0.25, 0.3) is 0 Å². The summed E-state index contributed by atoms with van der Waals surface area (Å²) in [5, 5.41) is 12.4. The Morgan fingerprint density at radius 3 is 2.17 bits per heavy atom. The van der Waals surface area contributed by atoms with Gasteiger partial charge in [-0.05, 0) is 46.5 Å². The number of carbonyl (C=O) groups is 2. The van der Waals surface area contributed by atoms with Crippen LogP contribution >= 0.6 is 0 Å². The number of rotatable bonds is 8. The van der Waals surface area contributed by atoms with Gasteiger partial charge < -0.3 is 26.0 Å². The summed E-state index contributed by atoms with van der Waals surface area (Å²) >= 11 is 0. The number of guanidine groups is 1. The Labute approximate surface area is 176 Å². The predicted molar refractivity (Wildman–Crippen MR) is 117 cm³/mol. The molecule has 8 heteroatoms. The van der Waals surface area contributed by atoms with Gasteiger partial charge in [-0.15, -0.1) is 0 Å². The summed E-state index contributed by atoms with van der Waals surface area (Å²) in [5.74, 6) is 0.505. The molecule has 168 valence electrons. The van der Waals surface area contributed by atoms with Gasteiger partial charge in [-0.1, -0.05) is 33.1 Å². The van der Waals surface area contributed by atoms with Gasteiger partial charge in [-0.2, -0.15) is 0 Å². The van der Waals surface area contributed by atoms with E-state index in [4.69, 9.17) is 4.74 Å². The molecule has 4 N–H and O–H groups in total. The lowest BCUT2D eigenvalue weighted by Gasteiger charge is -2.34. The maximum Gasteiger partial charge on any atom is 0.408 e. The van der Waals surface area contributed by atoms with E-state index in [1.54, 1.807) is 7.05 Å². The molecule has 0 saturated heterocycles. The van der Waals surface area contributed by atoms with Crippen molar-refractivity contribution in [3.8, 4) is 0 Å². The first kappa shape index (κ1) is 25.0. The van der Waals surface area contributed by atoms with Gasteiger partial charge in [-0.3, -0.25) is 9.79 Å². The zero-order chi connectivity index (χ0) is 21.9. The molecule has 1 aliphatic rings. The molecule has 0 heterocycles. The number of amides is 2. The molecule has 0 atom stereocenters. The van der Waals surface area contributed by atoms with Crippen LogP contribution in [-0.2, 0) is 9.53 Å². The highest BCUT2D eigenvalue weighted by molar-refractivity contribution is 5.86. The zero-order valence-corrected chi connectivity index (χ0v) is 19.1. The van der Waals surface area contributed by atoms with Gasteiger partial charge in [0.1, 0.15) is 5.60 Å². The zero-order valence-electron chi connectivity index (χ0n) is 19.1. The topological polar surface area (TPSA) is 104 Å². The number of carbonyl (C=O) groups excluding carboxylic acids is 2. The third-order valence-corrected chi connectivity index (χ3v) is 5.32. The molecule has 2 amide bonds. The van der Waals surface area contributed by atoms with E-state index in [9.17, 15) is 9.59 Å². The van der Waals surface area contributed by atoms with Crippen molar-refractivity contribution in [3.63, 3.8) is 0 Å². The summed E-state index contributed by atoms with van der Waals surface area (Å²) in [6.07, 6.45) is 6.77. The fourth-order valence-electron chi connectivity index (χ4n) is 3.40. The van der Waals surface area contributed by atoms with E-state index in [1.807, 2.05) is 34.6 Å². The minimum Gasteiger partial charge on any atom is -0.444 e. The van der Waals surface area contributed by atoms with Gasteiger partial charge in [0.25, 0.3) is 0 Å². The lowest BCUT2D eigenvalue weighted by Crippen LogP contribution is -2.57. The molecule has 0 bridgehead atoms. The van der Waals surface area contributed by atoms with E-state index in [0.717, 1.165) is 25.7 Å². The average molecular weight is 412 g/mol. The smallest absolute Gasteiger partial charge is 0.408 e. The number of nitrogens with zero attached hydrogens (tertiary/aromatic N) is 1. The monoisotopic (exact) mass is 411 g/mol. The Bertz CT molecular complexity index is 547. The summed E-state index contributed by atoms with van der Waals surface area (Å²) in [6, 6.07) is 0.291. The van der Waals surface area contributed by atoms with Gasteiger partial charge in [0, 0.05) is 19.6 Å². The van der Waals surface area contributed by atoms with E-state index < -0.39 is 17.2 Å². The number of nitrogens with one attached hydrogen (secondary N) is 4. The third-order valence-electron chi connectivity index (χ3n) is 5.32. The van der Waals surface area contributed by atoms with Crippen LogP contribution < -0.4 is 21.3 Å². The number of hydrogen-bond acceptors (Lipinski definition) is 4. The van der Waals surface area contributed by atoms with E-state index in [2.05, 4.69) is 26.3 Å². The van der Waals surface area contributed by atoms with Crippen LogP contribution in [0.4, 0.5) is 4.79 Å². The average Bonchev–Trinajstić information content (AvgIpc) is 2.66. The van der Waals surface area contributed by atoms with Crippen molar-refractivity contribution in [1.29, 1.82) is 0 Å². The number of ether oxygens (including phenoxy) is 1. The summed E-state index contributed by atoms with van der Waals surface area (Å²) in [7, 11) is 1.66. The van der Waals surface area contributed by atoms with Crippen molar-refractivity contribution in [3.05, 3.63) is 0 Å². The lowest BCUT2D eigenvalue weighted by molar-refractivity contribution is -0.120. The van der Waals surface area contributed by atoms with Crippen LogP contribution in [0.1, 0.15) is 79.6 Å². The molecule has 1 rings (SSSR count). The normalized spacial score (nSPS) is 16.1. The van der Waals surface area contributed by atoms with Gasteiger partial charge in [-0.25, -0.2) is 4.79 Å². The first-order chi connectivity index (χ1) is 13.6. The minimum atomic E-state index is -0.548. The molecule has 0 aromatic rings. The van der Waals surface area contributed by atoms with Crippen molar-refractivity contribution in [1.82, 2.24) is 21.3 Å². The second-order valence-corrected chi connectivity index (χ2v) is 8.80. The van der Waals surface area contributed by atoms with E-state index in [-0.39, 0.29) is 12.5 Å². The van der Waals surface area contributed by atoms with Crippen LogP contribution in [0.15, 0.2) is 4.99 Å². The van der Waals surface area contributed by atoms with Crippen LogP contribution in [0.5, 0.6) is 0 Å². The predicted octanol–water partition coefficient (Wildman–Crippen LogP) is 2.68. The summed E-state index contributed by atoms with van der Waals surface area (Å²) in [4.78, 5) is 28.6. The fraction of sp³-hybridized carbons (Fsp3) is 0.857. The quantitative estimate of drug-likeness (QED) is 0.363. The van der Waals surface area contributed by atoms with Crippen molar-refractivity contribution >= 4 is 18.0 Å². The first-order valence-electron chi connectivity index (χ1n) is 10.9. The second kappa shape index (κ2) is 11.9. The van der Waals surface area contributed by atoms with Crippen LogP contribution in [-0.4, -0.2) is 55.3 Å². The molecule has 0 spiro atoms. The molecule has 0 radical (unpaired) electrons. The molecule has 8 nitrogen and oxygen atoms in total. The Kier molecular flexibility index (Phi) is 10.3. The standard InChI is InChI=1S/C21H41N5O3/c1-7-21(8-2,26-19(28)29-20(3,4)5)15-24-18(22-6)23-14-17(27)25-16-12-10-9-11-13-16/h16H,7-15H2,1-6H3,(H,25,27)(H,26,28)(H2,22,23,24). The molecular weight excluding hydrogens is 370 g/mol. The fourth-order valence-corrected chi connectivity index (χ4v) is 3.40. The molecule has 0 aromatic carbocycles. The molecule has 29 heavy (non-hydrogen) atoms. The highest BCUT2D eigenvalue weighted by Crippen LogP contribution is 2.17. The van der Waals surface area contributed by atoms with Crippen LogP contribution in [0.2, 0.25) is 0 Å². The molecule has 0 aromatic heterocycles. The summed E-state index contributed by atoms with van der Waals surface area (Å²) in [6.45, 7) is 10.2. The Hall–Kier alpha value is -1.99. The minimum absolute atomic E-state index is 0.0241. The van der Waals surface area contributed by atoms with E-state index in [0.29, 0.717) is 18.5 Å². The molecule has 1 fully saturated rings. The Morgan fingerprint density at radius 1 is 1.03 bits per heavy atom. The van der Waals surface area contributed by atoms with Crippen LogP contribution in [0.3, 0.4) is 0 Å². The maximum absolute atomic E-state index is 12.3. The van der Waals surface area contributed by atoms with Crippen molar-refractivity contribution in [2.24, 2.45) is 4.99 Å². The Balaban J connectivity index is 2.51. The van der Waals surface area contributed by atoms with Gasteiger partial charge >= 0.3 is 6.09 Å². The van der Waals surface area contributed by atoms with Crippen LogP contribution in [0, 0.1) is 0 Å². The van der Waals surface area contributed by atoms with Crippen molar-refractivity contribution in [2.75, 3.05) is 20.1 Å². The highest BCUT2D eigenvalue weighted by Gasteiger charge is 2.30. The number of alkyl carbamates (subject to hydrolysis) is 1. The summed E-state index contributed by atoms with van der Waals surface area (Å²) < 4.78 is 5.40. The first-order valence-corrected chi connectivity index (χ1v) is 10.9. The SMILES string of the molecule is CCC(CC)(CNC(=NC)NCC(=O)NC1CCCCC1)NC(=O)OC(C)(C)C. The number of aliphatic imine (C=N–C) groups is 1. The second-order valence-electron chi connectivity index (χ2n) is 8.80. The molecule has 1 aliphatic carbocycles. The maximum atomic E-state index is 12.3. The van der Waals surface area contributed by atoms with E-state index in [1.165, 1.54) is 19.3 Å². The van der Waals surface area contributed by atoms with E-state index >= 15 is 0 Å². The molecular formula is C21H41N5O3. The molecule has 0 unspecified atom stereocenters. The van der Waals surface area contributed by atoms with Gasteiger partial charge in [0.15, 0.2) is 5.96 Å². The van der Waals surface area contributed by atoms with Gasteiger partial charge in [0.2, 0.25) is 5.91 Å². The lowest BCUT2D eigenvalue weighted by atomic mass is 9.93. The van der Waals surface area contributed by atoms with Crippen molar-refractivity contribution < 1.29 is 14.3 Å². The number of hydrogen-bond donors (Lipinski definition) is 4. The molecule has 1 saturated carbocycles. The molecule has 0 aliphatic heterocycles. The van der Waals surface area contributed by atoms with Crippen molar-refractivity contribution in [2.45, 2.75) is 96.7 Å².